The molecule has 7 nitrogen and oxygen atoms in total. The van der Waals surface area contributed by atoms with Crippen LogP contribution in [-0.2, 0) is 6.54 Å². The molecule has 9 heteroatoms. The minimum atomic E-state index is -2.95. The predicted molar refractivity (Wildman–Crippen MR) is 103 cm³/mol. The van der Waals surface area contributed by atoms with E-state index in [1.807, 2.05) is 20.8 Å². The van der Waals surface area contributed by atoms with Gasteiger partial charge in [0.25, 0.3) is 5.91 Å². The highest BCUT2D eigenvalue weighted by molar-refractivity contribution is 6.05. The summed E-state index contributed by atoms with van der Waals surface area (Å²) in [6.07, 6.45) is 1.64. The second-order valence-electron chi connectivity index (χ2n) is 6.78. The number of alkyl halides is 2. The molecule has 2 heterocycles. The summed E-state index contributed by atoms with van der Waals surface area (Å²) in [6.45, 7) is 3.04. The van der Waals surface area contributed by atoms with Crippen LogP contribution < -0.4 is 14.8 Å². The Hall–Kier alpha value is -3.23. The zero-order valence-corrected chi connectivity index (χ0v) is 16.6. The minimum Gasteiger partial charge on any atom is -0.493 e. The molecule has 0 atom stereocenters. The number of halogens is 2. The molecule has 0 spiro atoms. The van der Waals surface area contributed by atoms with E-state index in [0.717, 1.165) is 0 Å². The van der Waals surface area contributed by atoms with Crippen molar-refractivity contribution in [1.29, 1.82) is 0 Å². The second kappa shape index (κ2) is 8.42. The van der Waals surface area contributed by atoms with Crippen molar-refractivity contribution in [2.75, 3.05) is 7.11 Å². The van der Waals surface area contributed by atoms with E-state index in [4.69, 9.17) is 4.74 Å². The number of nitrogens with one attached hydrogen (secondary N) is 1. The monoisotopic (exact) mass is 404 g/mol. The standard InChI is InChI=1S/C20H22F2N4O3/c1-11(2)26-18-15(10-24-26)14(7-12(3)25-18)19(27)23-9-13-5-6-16(29-20(21)22)17(8-13)28-4/h5-8,10-11,20H,9H2,1-4H3,(H,23,27). The maximum atomic E-state index is 12.8. The first-order valence-electron chi connectivity index (χ1n) is 9.05. The molecule has 0 saturated carbocycles. The van der Waals surface area contributed by atoms with Gasteiger partial charge in [-0.1, -0.05) is 6.07 Å². The molecule has 0 radical (unpaired) electrons. The SMILES string of the molecule is COc1cc(CNC(=O)c2cc(C)nc3c2cnn3C(C)C)ccc1OC(F)F. The highest BCUT2D eigenvalue weighted by Crippen LogP contribution is 2.29. The second-order valence-corrected chi connectivity index (χ2v) is 6.78. The van der Waals surface area contributed by atoms with Crippen molar-refractivity contribution in [3.8, 4) is 11.5 Å². The fraction of sp³-hybridized carbons (Fsp3) is 0.350. The number of fused-ring (bicyclic) bond motifs is 1. The molecule has 0 aliphatic heterocycles. The first-order chi connectivity index (χ1) is 13.8. The maximum Gasteiger partial charge on any atom is 0.387 e. The van der Waals surface area contributed by atoms with Crippen LogP contribution in [0, 0.1) is 6.92 Å². The Labute approximate surface area is 166 Å². The molecule has 0 unspecified atom stereocenters. The summed E-state index contributed by atoms with van der Waals surface area (Å²) in [5, 5.41) is 7.84. The summed E-state index contributed by atoms with van der Waals surface area (Å²) in [5.74, 6) is -0.182. The van der Waals surface area contributed by atoms with E-state index in [1.54, 1.807) is 29.1 Å². The van der Waals surface area contributed by atoms with Crippen LogP contribution in [0.2, 0.25) is 0 Å². The van der Waals surface area contributed by atoms with Crippen molar-refractivity contribution in [2.45, 2.75) is 40.0 Å². The molecule has 0 bridgehead atoms. The molecule has 0 aliphatic rings. The fourth-order valence-electron chi connectivity index (χ4n) is 3.00. The Kier molecular flexibility index (Phi) is 5.95. The molecule has 1 aromatic carbocycles. The topological polar surface area (TPSA) is 78.3 Å². The van der Waals surface area contributed by atoms with Crippen molar-refractivity contribution in [2.24, 2.45) is 0 Å². The predicted octanol–water partition coefficient (Wildman–Crippen LogP) is 3.86. The molecule has 3 rings (SSSR count). The molecule has 0 fully saturated rings. The fourth-order valence-corrected chi connectivity index (χ4v) is 3.00. The third-order valence-corrected chi connectivity index (χ3v) is 4.33. The Morgan fingerprint density at radius 3 is 2.66 bits per heavy atom. The Balaban J connectivity index is 1.81. The zero-order valence-electron chi connectivity index (χ0n) is 16.6. The molecule has 3 aromatic rings. The van der Waals surface area contributed by atoms with E-state index in [9.17, 15) is 13.6 Å². The van der Waals surface area contributed by atoms with Crippen LogP contribution in [0.3, 0.4) is 0 Å². The van der Waals surface area contributed by atoms with Crippen LogP contribution in [0.15, 0.2) is 30.5 Å². The van der Waals surface area contributed by atoms with Crippen molar-refractivity contribution >= 4 is 16.9 Å². The number of amides is 1. The molecule has 154 valence electrons. The summed E-state index contributed by atoms with van der Waals surface area (Å²) in [5.41, 5.74) is 2.52. The molecule has 0 saturated heterocycles. The van der Waals surface area contributed by atoms with Crippen LogP contribution >= 0.6 is 0 Å². The highest BCUT2D eigenvalue weighted by Gasteiger charge is 2.17. The summed E-state index contributed by atoms with van der Waals surface area (Å²) in [7, 11) is 1.36. The number of nitrogens with zero attached hydrogens (tertiary/aromatic N) is 3. The van der Waals surface area contributed by atoms with Crippen LogP contribution in [0.5, 0.6) is 11.5 Å². The number of rotatable bonds is 7. The van der Waals surface area contributed by atoms with Crippen LogP contribution in [-0.4, -0.2) is 34.4 Å². The number of carbonyl (C=O) groups excluding carboxylic acids is 1. The maximum absolute atomic E-state index is 12.8. The van der Waals surface area contributed by atoms with Gasteiger partial charge < -0.3 is 14.8 Å². The lowest BCUT2D eigenvalue weighted by molar-refractivity contribution is -0.0512. The lowest BCUT2D eigenvalue weighted by atomic mass is 10.1. The van der Waals surface area contributed by atoms with Crippen molar-refractivity contribution in [3.05, 3.63) is 47.3 Å². The van der Waals surface area contributed by atoms with Crippen molar-refractivity contribution in [1.82, 2.24) is 20.1 Å². The third-order valence-electron chi connectivity index (χ3n) is 4.33. The van der Waals surface area contributed by atoms with Crippen molar-refractivity contribution in [3.63, 3.8) is 0 Å². The van der Waals surface area contributed by atoms with E-state index in [1.165, 1.54) is 13.2 Å². The number of pyridine rings is 1. The van der Waals surface area contributed by atoms with Gasteiger partial charge in [-0.15, -0.1) is 0 Å². The Morgan fingerprint density at radius 2 is 2.00 bits per heavy atom. The van der Waals surface area contributed by atoms with Gasteiger partial charge in [0.15, 0.2) is 17.1 Å². The third kappa shape index (κ3) is 4.44. The molecule has 1 N–H and O–H groups in total. The lowest BCUT2D eigenvalue weighted by Gasteiger charge is -2.12. The number of ether oxygens (including phenoxy) is 2. The van der Waals surface area contributed by atoms with Gasteiger partial charge >= 0.3 is 6.61 Å². The van der Waals surface area contributed by atoms with Crippen LogP contribution in [0.1, 0.15) is 41.5 Å². The van der Waals surface area contributed by atoms with E-state index < -0.39 is 6.61 Å². The van der Waals surface area contributed by atoms with E-state index >= 15 is 0 Å². The number of aryl methyl sites for hydroxylation is 1. The van der Waals surface area contributed by atoms with Gasteiger partial charge in [-0.05, 0) is 44.5 Å². The smallest absolute Gasteiger partial charge is 0.387 e. The average molecular weight is 404 g/mol. The number of aromatic nitrogens is 3. The van der Waals surface area contributed by atoms with Gasteiger partial charge in [0.1, 0.15) is 0 Å². The normalized spacial score (nSPS) is 11.3. The van der Waals surface area contributed by atoms with Gasteiger partial charge in [-0.3, -0.25) is 4.79 Å². The van der Waals surface area contributed by atoms with Gasteiger partial charge in [-0.2, -0.15) is 13.9 Å². The van der Waals surface area contributed by atoms with E-state index in [0.29, 0.717) is 27.9 Å². The first-order valence-corrected chi connectivity index (χ1v) is 9.05. The molecule has 1 amide bonds. The van der Waals surface area contributed by atoms with Gasteiger partial charge in [0.05, 0.1) is 24.3 Å². The number of carbonyl (C=O) groups is 1. The quantitative estimate of drug-likeness (QED) is 0.647. The Morgan fingerprint density at radius 1 is 1.24 bits per heavy atom. The van der Waals surface area contributed by atoms with Gasteiger partial charge in [0, 0.05) is 18.3 Å². The molecule has 29 heavy (non-hydrogen) atoms. The summed E-state index contributed by atoms with van der Waals surface area (Å²) in [4.78, 5) is 17.3. The summed E-state index contributed by atoms with van der Waals surface area (Å²) in [6, 6.07) is 6.34. The molecule has 0 aliphatic carbocycles. The van der Waals surface area contributed by atoms with Crippen LogP contribution in [0.25, 0.3) is 11.0 Å². The van der Waals surface area contributed by atoms with Gasteiger partial charge in [-0.25, -0.2) is 9.67 Å². The molecular formula is C20H22F2N4O3. The number of hydrogen-bond acceptors (Lipinski definition) is 5. The van der Waals surface area contributed by atoms with E-state index in [2.05, 4.69) is 20.1 Å². The lowest BCUT2D eigenvalue weighted by Crippen LogP contribution is -2.23. The van der Waals surface area contributed by atoms with Crippen molar-refractivity contribution < 1.29 is 23.0 Å². The molecular weight excluding hydrogens is 382 g/mol. The Bertz CT molecular complexity index is 1030. The van der Waals surface area contributed by atoms with Gasteiger partial charge in [0.2, 0.25) is 0 Å². The molecule has 2 aromatic heterocycles. The van der Waals surface area contributed by atoms with Crippen LogP contribution in [0.4, 0.5) is 8.78 Å². The largest absolute Gasteiger partial charge is 0.493 e. The average Bonchev–Trinajstić information content (AvgIpc) is 3.09. The minimum absolute atomic E-state index is 0.0647. The summed E-state index contributed by atoms with van der Waals surface area (Å²) < 4.78 is 36.2. The first kappa shape index (κ1) is 20.5. The number of methoxy groups -OCH3 is 1. The summed E-state index contributed by atoms with van der Waals surface area (Å²) >= 11 is 0. The highest BCUT2D eigenvalue weighted by atomic mass is 19.3. The van der Waals surface area contributed by atoms with E-state index in [-0.39, 0.29) is 30.0 Å². The number of hydrogen-bond donors (Lipinski definition) is 1. The number of benzene rings is 1. The zero-order chi connectivity index (χ0) is 21.1.